The van der Waals surface area contributed by atoms with E-state index < -0.39 is 0 Å². The van der Waals surface area contributed by atoms with Gasteiger partial charge >= 0.3 is 0 Å². The number of aliphatic imine (C=N–C) groups is 1. The lowest BCUT2D eigenvalue weighted by Gasteiger charge is -2.32. The molecule has 0 atom stereocenters. The van der Waals surface area contributed by atoms with Gasteiger partial charge < -0.3 is 19.9 Å². The normalized spacial score (nSPS) is 14.6. The summed E-state index contributed by atoms with van der Waals surface area (Å²) in [4.78, 5) is 22.7. The van der Waals surface area contributed by atoms with E-state index >= 15 is 0 Å². The molecule has 2 aromatic rings. The van der Waals surface area contributed by atoms with E-state index in [1.54, 1.807) is 0 Å². The van der Waals surface area contributed by atoms with Crippen molar-refractivity contribution in [2.45, 2.75) is 34.6 Å². The standard InChI is InChI=1S/C30H38N4O2/c1-21(2)28(30(35)26-13-11-12-22(3)20-26)32-29(24(5)34-16-18-36-19-17-34)23(4)31-25(6)33(7)27-14-9-8-10-15-27/h8-15,20,32H,6,16-19H2,1-5,7H3/b29-24-,31-23-. The number of allylic oxidation sites excluding steroid dienone is 4. The third-order valence-electron chi connectivity index (χ3n) is 6.29. The minimum Gasteiger partial charge on any atom is -0.378 e. The number of anilines is 1. The van der Waals surface area contributed by atoms with Crippen LogP contribution in [-0.2, 0) is 4.74 Å². The maximum atomic E-state index is 13.6. The third kappa shape index (κ3) is 6.73. The maximum absolute atomic E-state index is 13.6. The number of para-hydroxylation sites is 1. The van der Waals surface area contributed by atoms with Crippen molar-refractivity contribution < 1.29 is 9.53 Å². The fourth-order valence-corrected chi connectivity index (χ4v) is 4.09. The van der Waals surface area contributed by atoms with Crippen LogP contribution in [-0.4, -0.2) is 49.7 Å². The summed E-state index contributed by atoms with van der Waals surface area (Å²) in [5, 5.41) is 3.49. The van der Waals surface area contributed by atoms with Crippen LogP contribution in [0.5, 0.6) is 0 Å². The molecule has 0 radical (unpaired) electrons. The van der Waals surface area contributed by atoms with Crippen LogP contribution >= 0.6 is 0 Å². The van der Waals surface area contributed by atoms with Gasteiger partial charge in [0.05, 0.1) is 30.3 Å². The monoisotopic (exact) mass is 486 g/mol. The highest BCUT2D eigenvalue weighted by Gasteiger charge is 2.21. The zero-order valence-electron chi connectivity index (χ0n) is 22.4. The molecule has 36 heavy (non-hydrogen) atoms. The largest absolute Gasteiger partial charge is 0.378 e. The molecule has 1 aliphatic rings. The fraction of sp³-hybridized carbons (Fsp3) is 0.333. The molecule has 0 aliphatic carbocycles. The molecular formula is C30H38N4O2. The number of rotatable bonds is 9. The van der Waals surface area contributed by atoms with Crippen LogP contribution in [0.15, 0.2) is 94.7 Å². The van der Waals surface area contributed by atoms with Crippen molar-refractivity contribution in [1.82, 2.24) is 10.2 Å². The molecule has 6 heteroatoms. The molecule has 0 saturated carbocycles. The van der Waals surface area contributed by atoms with E-state index in [0.29, 0.717) is 30.3 Å². The molecule has 1 saturated heterocycles. The van der Waals surface area contributed by atoms with Crippen LogP contribution in [0.25, 0.3) is 0 Å². The Morgan fingerprint density at radius 1 is 1.00 bits per heavy atom. The summed E-state index contributed by atoms with van der Waals surface area (Å²) < 4.78 is 5.56. The summed E-state index contributed by atoms with van der Waals surface area (Å²) in [6.07, 6.45) is 0. The number of benzene rings is 2. The summed E-state index contributed by atoms with van der Waals surface area (Å²) >= 11 is 0. The van der Waals surface area contributed by atoms with Gasteiger partial charge in [0.25, 0.3) is 0 Å². The molecule has 0 unspecified atom stereocenters. The molecule has 190 valence electrons. The lowest BCUT2D eigenvalue weighted by molar-refractivity contribution is 0.0532. The van der Waals surface area contributed by atoms with E-state index in [2.05, 4.69) is 23.7 Å². The number of hydrogen-bond acceptors (Lipinski definition) is 6. The topological polar surface area (TPSA) is 57.2 Å². The van der Waals surface area contributed by atoms with Crippen LogP contribution in [0, 0.1) is 6.92 Å². The van der Waals surface area contributed by atoms with Gasteiger partial charge in [0.15, 0.2) is 0 Å². The first-order valence-electron chi connectivity index (χ1n) is 12.3. The van der Waals surface area contributed by atoms with E-state index in [1.165, 1.54) is 0 Å². The summed E-state index contributed by atoms with van der Waals surface area (Å²) in [5.41, 5.74) is 6.74. The maximum Gasteiger partial charge on any atom is 0.209 e. The zero-order valence-corrected chi connectivity index (χ0v) is 22.4. The van der Waals surface area contributed by atoms with Crippen LogP contribution in [0.4, 0.5) is 5.69 Å². The third-order valence-corrected chi connectivity index (χ3v) is 6.29. The van der Waals surface area contributed by atoms with E-state index in [9.17, 15) is 4.79 Å². The highest BCUT2D eigenvalue weighted by Crippen LogP contribution is 2.21. The molecule has 3 rings (SSSR count). The molecule has 0 spiro atoms. The average molecular weight is 487 g/mol. The molecule has 1 fully saturated rings. The van der Waals surface area contributed by atoms with E-state index in [1.807, 2.05) is 94.2 Å². The summed E-state index contributed by atoms with van der Waals surface area (Å²) in [7, 11) is 1.95. The van der Waals surface area contributed by atoms with Gasteiger partial charge in [-0.05, 0) is 58.4 Å². The Hall–Kier alpha value is -3.64. The quantitative estimate of drug-likeness (QED) is 0.280. The molecule has 6 nitrogen and oxygen atoms in total. The Kier molecular flexibility index (Phi) is 9.25. The number of nitrogens with one attached hydrogen (secondary N) is 1. The molecule has 0 bridgehead atoms. The molecule has 2 aromatic carbocycles. The second-order valence-corrected chi connectivity index (χ2v) is 9.27. The first-order chi connectivity index (χ1) is 17.2. The van der Waals surface area contributed by atoms with Gasteiger partial charge in [-0.1, -0.05) is 48.5 Å². The second-order valence-electron chi connectivity index (χ2n) is 9.27. The van der Waals surface area contributed by atoms with Gasteiger partial charge in [-0.15, -0.1) is 0 Å². The molecule has 0 aromatic heterocycles. The van der Waals surface area contributed by atoms with Crippen molar-refractivity contribution in [3.63, 3.8) is 0 Å². The lowest BCUT2D eigenvalue weighted by atomic mass is 10.0. The number of carbonyl (C=O) groups is 1. The van der Waals surface area contributed by atoms with Crippen LogP contribution < -0.4 is 10.2 Å². The smallest absolute Gasteiger partial charge is 0.209 e. The van der Waals surface area contributed by atoms with Gasteiger partial charge in [0.1, 0.15) is 5.82 Å². The highest BCUT2D eigenvalue weighted by molar-refractivity contribution is 6.10. The van der Waals surface area contributed by atoms with Crippen LogP contribution in [0.1, 0.15) is 43.6 Å². The Labute approximate surface area is 215 Å². The van der Waals surface area contributed by atoms with Gasteiger partial charge in [-0.2, -0.15) is 0 Å². The van der Waals surface area contributed by atoms with Gasteiger partial charge in [-0.3, -0.25) is 4.79 Å². The second kappa shape index (κ2) is 12.4. The molecule has 1 heterocycles. The number of ketones is 1. The number of carbonyl (C=O) groups excluding carboxylic acids is 1. The number of ether oxygens (including phenoxy) is 1. The first kappa shape index (κ1) is 27.0. The Morgan fingerprint density at radius 2 is 1.67 bits per heavy atom. The van der Waals surface area contributed by atoms with Gasteiger partial charge in [0, 0.05) is 37.1 Å². The van der Waals surface area contributed by atoms with Crippen molar-refractivity contribution in [3.05, 3.63) is 101 Å². The molecule has 0 amide bonds. The van der Waals surface area contributed by atoms with Crippen molar-refractivity contribution in [3.8, 4) is 0 Å². The van der Waals surface area contributed by atoms with Gasteiger partial charge in [-0.25, -0.2) is 4.99 Å². The number of hydrogen-bond donors (Lipinski definition) is 1. The lowest BCUT2D eigenvalue weighted by Crippen LogP contribution is -2.38. The van der Waals surface area contributed by atoms with E-state index in [4.69, 9.17) is 9.73 Å². The average Bonchev–Trinajstić information content (AvgIpc) is 2.88. The predicted molar refractivity (Wildman–Crippen MR) is 149 cm³/mol. The van der Waals surface area contributed by atoms with Crippen molar-refractivity contribution in [2.24, 2.45) is 4.99 Å². The molecule has 1 aliphatic heterocycles. The first-order valence-corrected chi connectivity index (χ1v) is 12.3. The van der Waals surface area contributed by atoms with E-state index in [-0.39, 0.29) is 5.78 Å². The van der Waals surface area contributed by atoms with Crippen LogP contribution in [0.2, 0.25) is 0 Å². The van der Waals surface area contributed by atoms with Crippen molar-refractivity contribution in [1.29, 1.82) is 0 Å². The Balaban J connectivity index is 2.00. The minimum absolute atomic E-state index is 0.0426. The molecular weight excluding hydrogens is 448 g/mol. The van der Waals surface area contributed by atoms with Crippen molar-refractivity contribution in [2.75, 3.05) is 38.3 Å². The minimum atomic E-state index is -0.0426. The number of Topliss-reactive ketones (excluding diaryl/α,β-unsaturated/α-hetero) is 1. The molecule has 1 N–H and O–H groups in total. The van der Waals surface area contributed by atoms with Crippen molar-refractivity contribution >= 4 is 17.2 Å². The zero-order chi connectivity index (χ0) is 26.2. The Bertz CT molecular complexity index is 1180. The SMILES string of the molecule is C=C(/N=C(C)\C(NC(C(=O)c1cccc(C)c1)=C(C)C)=C(/C)N1CCOCC1)N(C)c1ccccc1. The summed E-state index contributed by atoms with van der Waals surface area (Å²) in [6.45, 7) is 17.0. The highest BCUT2D eigenvalue weighted by atomic mass is 16.5. The Morgan fingerprint density at radius 3 is 2.28 bits per heavy atom. The predicted octanol–water partition coefficient (Wildman–Crippen LogP) is 5.69. The number of morpholine rings is 1. The number of aryl methyl sites for hydroxylation is 1. The van der Waals surface area contributed by atoms with Gasteiger partial charge in [0.2, 0.25) is 5.78 Å². The summed E-state index contributed by atoms with van der Waals surface area (Å²) in [5.74, 6) is 0.565. The van der Waals surface area contributed by atoms with Crippen LogP contribution in [0.3, 0.4) is 0 Å². The summed E-state index contributed by atoms with van der Waals surface area (Å²) in [6, 6.07) is 17.7. The number of nitrogens with zero attached hydrogens (tertiary/aromatic N) is 3. The fourth-order valence-electron chi connectivity index (χ4n) is 4.09. The van der Waals surface area contributed by atoms with E-state index in [0.717, 1.165) is 47.0 Å².